The van der Waals surface area contributed by atoms with Gasteiger partial charge >= 0.3 is 6.18 Å². The van der Waals surface area contributed by atoms with Gasteiger partial charge in [0.1, 0.15) is 17.5 Å². The van der Waals surface area contributed by atoms with Crippen LogP contribution in [0.4, 0.5) is 19.0 Å². The first-order valence-electron chi connectivity index (χ1n) is 9.45. The van der Waals surface area contributed by atoms with E-state index in [1.165, 1.54) is 0 Å². The quantitative estimate of drug-likeness (QED) is 0.751. The van der Waals surface area contributed by atoms with Gasteiger partial charge in [-0.3, -0.25) is 0 Å². The zero-order valence-corrected chi connectivity index (χ0v) is 15.6. The van der Waals surface area contributed by atoms with Crippen LogP contribution in [-0.2, 0) is 12.7 Å². The molecular formula is C20H19F3N4O2. The van der Waals surface area contributed by atoms with Crippen LogP contribution in [0, 0.1) is 11.3 Å². The molecule has 29 heavy (non-hydrogen) atoms. The topological polar surface area (TPSA) is 71.3 Å². The Balaban J connectivity index is 1.76. The molecule has 2 heterocycles. The number of nitrogens with zero attached hydrogens (tertiary/aromatic N) is 4. The monoisotopic (exact) mass is 404 g/mol. The first-order chi connectivity index (χ1) is 14.0. The minimum absolute atomic E-state index is 0.100. The van der Waals surface area contributed by atoms with Crippen molar-refractivity contribution >= 4 is 5.82 Å². The molecule has 1 aromatic heterocycles. The molecule has 1 saturated carbocycles. The Kier molecular flexibility index (Phi) is 5.18. The van der Waals surface area contributed by atoms with Crippen molar-refractivity contribution in [1.82, 2.24) is 9.97 Å². The SMILES string of the molecule is N#Cc1ncc(C(F)(F)F)c(N(Cc2ccc3c(c2)OCO3)C2CCCCC2)n1. The van der Waals surface area contributed by atoms with Crippen LogP contribution in [0.2, 0.25) is 0 Å². The van der Waals surface area contributed by atoms with Crippen molar-refractivity contribution in [3.63, 3.8) is 0 Å². The Bertz CT molecular complexity index is 936. The zero-order valence-electron chi connectivity index (χ0n) is 15.6. The second-order valence-corrected chi connectivity index (χ2v) is 7.15. The predicted molar refractivity (Wildman–Crippen MR) is 97.4 cm³/mol. The van der Waals surface area contributed by atoms with E-state index in [-0.39, 0.29) is 31.0 Å². The van der Waals surface area contributed by atoms with Gasteiger partial charge in [-0.05, 0) is 30.5 Å². The summed E-state index contributed by atoms with van der Waals surface area (Å²) in [5.41, 5.74) is -0.145. The molecule has 0 N–H and O–H groups in total. The maximum atomic E-state index is 13.7. The van der Waals surface area contributed by atoms with Gasteiger partial charge in [-0.2, -0.15) is 18.4 Å². The summed E-state index contributed by atoms with van der Waals surface area (Å²) in [6.07, 6.45) is 0.580. The van der Waals surface area contributed by atoms with Crippen molar-refractivity contribution in [2.75, 3.05) is 11.7 Å². The van der Waals surface area contributed by atoms with Crippen molar-refractivity contribution in [1.29, 1.82) is 5.26 Å². The highest BCUT2D eigenvalue weighted by molar-refractivity contribution is 5.52. The molecule has 0 spiro atoms. The average Bonchev–Trinajstić information content (AvgIpc) is 3.19. The fourth-order valence-electron chi connectivity index (χ4n) is 3.85. The molecule has 0 radical (unpaired) electrons. The van der Waals surface area contributed by atoms with Crippen molar-refractivity contribution in [2.45, 2.75) is 50.9 Å². The van der Waals surface area contributed by atoms with Gasteiger partial charge in [0.05, 0.1) is 0 Å². The van der Waals surface area contributed by atoms with E-state index in [0.29, 0.717) is 17.7 Å². The maximum Gasteiger partial charge on any atom is 0.421 e. The van der Waals surface area contributed by atoms with Gasteiger partial charge in [0.2, 0.25) is 12.6 Å². The number of hydrogen-bond acceptors (Lipinski definition) is 6. The van der Waals surface area contributed by atoms with Gasteiger partial charge < -0.3 is 14.4 Å². The van der Waals surface area contributed by atoms with Gasteiger partial charge in [0, 0.05) is 18.8 Å². The van der Waals surface area contributed by atoms with Crippen molar-refractivity contribution in [3.8, 4) is 17.6 Å². The maximum absolute atomic E-state index is 13.7. The number of hydrogen-bond donors (Lipinski definition) is 0. The molecule has 0 atom stereocenters. The molecule has 2 aliphatic rings. The van der Waals surface area contributed by atoms with Crippen molar-refractivity contribution in [2.24, 2.45) is 0 Å². The Morgan fingerprint density at radius 3 is 2.62 bits per heavy atom. The molecule has 0 amide bonds. The summed E-state index contributed by atoms with van der Waals surface area (Å²) in [6, 6.07) is 6.98. The summed E-state index contributed by atoms with van der Waals surface area (Å²) in [5.74, 6) is 0.665. The number of halogens is 3. The van der Waals surface area contributed by atoms with Crippen LogP contribution in [0.15, 0.2) is 24.4 Å². The van der Waals surface area contributed by atoms with Crippen LogP contribution in [0.25, 0.3) is 0 Å². The van der Waals surface area contributed by atoms with E-state index in [0.717, 1.165) is 37.7 Å². The average molecular weight is 404 g/mol. The van der Waals surface area contributed by atoms with Crippen LogP contribution >= 0.6 is 0 Å². The van der Waals surface area contributed by atoms with E-state index < -0.39 is 11.7 Å². The minimum Gasteiger partial charge on any atom is -0.454 e. The number of benzene rings is 1. The van der Waals surface area contributed by atoms with Gasteiger partial charge in [-0.15, -0.1) is 0 Å². The second kappa shape index (κ2) is 7.78. The van der Waals surface area contributed by atoms with Crippen molar-refractivity contribution < 1.29 is 22.6 Å². The molecular weight excluding hydrogens is 385 g/mol. The van der Waals surface area contributed by atoms with Gasteiger partial charge in [-0.25, -0.2) is 9.97 Å². The number of aromatic nitrogens is 2. The molecule has 1 fully saturated rings. The molecule has 6 nitrogen and oxygen atoms in total. The summed E-state index contributed by atoms with van der Waals surface area (Å²) >= 11 is 0. The standard InChI is InChI=1S/C20H19F3N4O2/c21-20(22,23)15-10-25-18(9-24)26-19(15)27(14-4-2-1-3-5-14)11-13-6-7-16-17(8-13)29-12-28-16/h6-8,10,14H,1-5,11-12H2. The lowest BCUT2D eigenvalue weighted by atomic mass is 9.93. The number of fused-ring (bicyclic) bond motifs is 1. The van der Waals surface area contributed by atoms with Crippen LogP contribution in [0.1, 0.15) is 49.1 Å². The van der Waals surface area contributed by atoms with Gasteiger partial charge in [0.25, 0.3) is 0 Å². The number of ether oxygens (including phenoxy) is 2. The van der Waals surface area contributed by atoms with Gasteiger partial charge in [0.15, 0.2) is 11.5 Å². The van der Waals surface area contributed by atoms with E-state index in [2.05, 4.69) is 9.97 Å². The Labute approximate surface area is 165 Å². The molecule has 0 saturated heterocycles. The lowest BCUT2D eigenvalue weighted by molar-refractivity contribution is -0.137. The highest BCUT2D eigenvalue weighted by Gasteiger charge is 2.38. The molecule has 1 aliphatic heterocycles. The van der Waals surface area contributed by atoms with Crippen LogP contribution in [-0.4, -0.2) is 22.8 Å². The normalized spacial score (nSPS) is 16.5. The summed E-state index contributed by atoms with van der Waals surface area (Å²) in [6.45, 7) is 0.340. The fraction of sp³-hybridized carbons (Fsp3) is 0.450. The first-order valence-corrected chi connectivity index (χ1v) is 9.45. The van der Waals surface area contributed by atoms with E-state index >= 15 is 0 Å². The number of anilines is 1. The molecule has 152 valence electrons. The second-order valence-electron chi connectivity index (χ2n) is 7.15. The number of rotatable bonds is 4. The highest BCUT2D eigenvalue weighted by atomic mass is 19.4. The van der Waals surface area contributed by atoms with E-state index in [1.54, 1.807) is 23.1 Å². The Hall–Kier alpha value is -3.02. The number of alkyl halides is 3. The summed E-state index contributed by atoms with van der Waals surface area (Å²) in [5, 5.41) is 9.14. The predicted octanol–water partition coefficient (Wildman–Crippen LogP) is 4.44. The molecule has 2 aromatic rings. The third-order valence-electron chi connectivity index (χ3n) is 5.25. The van der Waals surface area contributed by atoms with Crippen LogP contribution in [0.3, 0.4) is 0 Å². The molecule has 1 aliphatic carbocycles. The molecule has 0 unspecified atom stereocenters. The molecule has 9 heteroatoms. The molecule has 4 rings (SSSR count). The summed E-state index contributed by atoms with van der Waals surface area (Å²) in [4.78, 5) is 9.20. The van der Waals surface area contributed by atoms with Crippen molar-refractivity contribution in [3.05, 3.63) is 41.3 Å². The zero-order chi connectivity index (χ0) is 20.4. The lowest BCUT2D eigenvalue weighted by Crippen LogP contribution is -2.38. The van der Waals surface area contributed by atoms with E-state index in [1.807, 2.05) is 6.07 Å². The van der Waals surface area contributed by atoms with Crippen LogP contribution in [0.5, 0.6) is 11.5 Å². The first kappa shape index (κ1) is 19.3. The third kappa shape index (κ3) is 4.06. The Morgan fingerprint density at radius 1 is 1.14 bits per heavy atom. The summed E-state index contributed by atoms with van der Waals surface area (Å²) < 4.78 is 51.8. The minimum atomic E-state index is -4.62. The molecule has 1 aromatic carbocycles. The van der Waals surface area contributed by atoms with E-state index in [9.17, 15) is 13.2 Å². The molecule has 0 bridgehead atoms. The van der Waals surface area contributed by atoms with Crippen LogP contribution < -0.4 is 14.4 Å². The fourth-order valence-corrected chi connectivity index (χ4v) is 3.85. The number of nitriles is 1. The smallest absolute Gasteiger partial charge is 0.421 e. The lowest BCUT2D eigenvalue weighted by Gasteiger charge is -2.36. The highest BCUT2D eigenvalue weighted by Crippen LogP contribution is 2.39. The van der Waals surface area contributed by atoms with E-state index in [4.69, 9.17) is 14.7 Å². The summed E-state index contributed by atoms with van der Waals surface area (Å²) in [7, 11) is 0. The third-order valence-corrected chi connectivity index (χ3v) is 5.25. The largest absolute Gasteiger partial charge is 0.454 e. The van der Waals surface area contributed by atoms with Gasteiger partial charge in [-0.1, -0.05) is 25.3 Å². The Morgan fingerprint density at radius 2 is 1.90 bits per heavy atom.